The molecule has 0 amide bonds. The predicted octanol–water partition coefficient (Wildman–Crippen LogP) is 3.23. The minimum absolute atomic E-state index is 0.362. The molecule has 0 radical (unpaired) electrons. The number of fused-ring (bicyclic) bond motifs is 1. The molecular formula is C16H17N. The summed E-state index contributed by atoms with van der Waals surface area (Å²) in [6, 6.07) is 17.9. The standard InChI is InChI=1S/C16H17N/c1-12-7-8-15-14(11-12)9-10-17-16(15)13-5-3-2-4-6-13/h2-8,11,16-17H,9-10H2,1H3/t16-/m1/s1. The van der Waals surface area contributed by atoms with E-state index in [0.29, 0.717) is 6.04 Å². The molecule has 0 aliphatic carbocycles. The van der Waals surface area contributed by atoms with Gasteiger partial charge >= 0.3 is 0 Å². The van der Waals surface area contributed by atoms with E-state index in [2.05, 4.69) is 60.8 Å². The second-order valence-corrected chi connectivity index (χ2v) is 4.75. The van der Waals surface area contributed by atoms with Crippen LogP contribution in [0, 0.1) is 6.92 Å². The molecule has 2 aromatic carbocycles. The topological polar surface area (TPSA) is 12.0 Å². The molecule has 0 saturated carbocycles. The molecule has 0 aromatic heterocycles. The molecule has 0 fully saturated rings. The van der Waals surface area contributed by atoms with E-state index in [1.165, 1.54) is 22.3 Å². The van der Waals surface area contributed by atoms with E-state index >= 15 is 0 Å². The number of benzene rings is 2. The molecule has 0 saturated heterocycles. The number of nitrogens with one attached hydrogen (secondary N) is 1. The maximum Gasteiger partial charge on any atom is 0.0579 e. The lowest BCUT2D eigenvalue weighted by atomic mass is 9.89. The van der Waals surface area contributed by atoms with Gasteiger partial charge in [-0.25, -0.2) is 0 Å². The summed E-state index contributed by atoms with van der Waals surface area (Å²) in [4.78, 5) is 0. The van der Waals surface area contributed by atoms with E-state index in [1.54, 1.807) is 0 Å². The van der Waals surface area contributed by atoms with Crippen LogP contribution in [0.1, 0.15) is 28.3 Å². The SMILES string of the molecule is Cc1ccc2c(c1)CCN[C@@H]2c1ccccc1. The third kappa shape index (κ3) is 1.98. The average molecular weight is 223 g/mol. The highest BCUT2D eigenvalue weighted by atomic mass is 14.9. The van der Waals surface area contributed by atoms with Crippen LogP contribution in [0.5, 0.6) is 0 Å². The largest absolute Gasteiger partial charge is 0.306 e. The van der Waals surface area contributed by atoms with E-state index in [9.17, 15) is 0 Å². The van der Waals surface area contributed by atoms with Gasteiger partial charge in [0.2, 0.25) is 0 Å². The van der Waals surface area contributed by atoms with Crippen molar-refractivity contribution in [1.29, 1.82) is 0 Å². The molecule has 1 N–H and O–H groups in total. The van der Waals surface area contributed by atoms with Crippen molar-refractivity contribution in [3.8, 4) is 0 Å². The summed E-state index contributed by atoms with van der Waals surface area (Å²) < 4.78 is 0. The minimum Gasteiger partial charge on any atom is -0.306 e. The van der Waals surface area contributed by atoms with E-state index in [0.717, 1.165) is 13.0 Å². The second-order valence-electron chi connectivity index (χ2n) is 4.75. The molecule has 0 spiro atoms. The summed E-state index contributed by atoms with van der Waals surface area (Å²) in [5.74, 6) is 0. The van der Waals surface area contributed by atoms with Crippen molar-refractivity contribution in [3.63, 3.8) is 0 Å². The Labute approximate surface area is 102 Å². The lowest BCUT2D eigenvalue weighted by molar-refractivity contribution is 0.567. The van der Waals surface area contributed by atoms with E-state index in [4.69, 9.17) is 0 Å². The average Bonchev–Trinajstić information content (AvgIpc) is 2.39. The normalized spacial score (nSPS) is 18.8. The molecule has 86 valence electrons. The van der Waals surface area contributed by atoms with Crippen LogP contribution in [0.15, 0.2) is 48.5 Å². The maximum atomic E-state index is 3.61. The monoisotopic (exact) mass is 223 g/mol. The minimum atomic E-state index is 0.362. The summed E-state index contributed by atoms with van der Waals surface area (Å²) in [5.41, 5.74) is 5.65. The molecule has 1 heteroatoms. The third-order valence-electron chi connectivity index (χ3n) is 3.49. The van der Waals surface area contributed by atoms with Crippen LogP contribution >= 0.6 is 0 Å². The van der Waals surface area contributed by atoms with Gasteiger partial charge in [0.1, 0.15) is 0 Å². The lowest BCUT2D eigenvalue weighted by Crippen LogP contribution is -2.30. The molecule has 1 heterocycles. The van der Waals surface area contributed by atoms with Gasteiger partial charge in [0.25, 0.3) is 0 Å². The molecule has 17 heavy (non-hydrogen) atoms. The van der Waals surface area contributed by atoms with Crippen molar-refractivity contribution in [3.05, 3.63) is 70.8 Å². The van der Waals surface area contributed by atoms with Gasteiger partial charge in [0.05, 0.1) is 6.04 Å². The van der Waals surface area contributed by atoms with Gasteiger partial charge in [-0.1, -0.05) is 54.1 Å². The number of hydrogen-bond donors (Lipinski definition) is 1. The third-order valence-corrected chi connectivity index (χ3v) is 3.49. The number of hydrogen-bond acceptors (Lipinski definition) is 1. The Bertz CT molecular complexity index is 516. The molecule has 3 rings (SSSR count). The summed E-state index contributed by atoms with van der Waals surface area (Å²) in [5, 5.41) is 3.61. The van der Waals surface area contributed by atoms with Crippen molar-refractivity contribution < 1.29 is 0 Å². The zero-order valence-electron chi connectivity index (χ0n) is 10.1. The van der Waals surface area contributed by atoms with Crippen molar-refractivity contribution >= 4 is 0 Å². The molecule has 1 nitrogen and oxygen atoms in total. The van der Waals surface area contributed by atoms with Crippen LogP contribution in [0.2, 0.25) is 0 Å². The van der Waals surface area contributed by atoms with Crippen molar-refractivity contribution in [1.82, 2.24) is 5.32 Å². The predicted molar refractivity (Wildman–Crippen MR) is 71.2 cm³/mol. The molecule has 0 bridgehead atoms. The van der Waals surface area contributed by atoms with Crippen LogP contribution in [-0.4, -0.2) is 6.54 Å². The Morgan fingerprint density at radius 1 is 1.06 bits per heavy atom. The summed E-state index contributed by atoms with van der Waals surface area (Å²) in [6.07, 6.45) is 1.14. The smallest absolute Gasteiger partial charge is 0.0579 e. The van der Waals surface area contributed by atoms with Crippen molar-refractivity contribution in [2.75, 3.05) is 6.54 Å². The highest BCUT2D eigenvalue weighted by Crippen LogP contribution is 2.28. The maximum absolute atomic E-state index is 3.61. The molecule has 0 unspecified atom stereocenters. The van der Waals surface area contributed by atoms with Gasteiger partial charge < -0.3 is 5.32 Å². The molecule has 1 atom stereocenters. The highest BCUT2D eigenvalue weighted by molar-refractivity contribution is 5.41. The Hall–Kier alpha value is -1.60. The van der Waals surface area contributed by atoms with Crippen LogP contribution in [0.4, 0.5) is 0 Å². The molecule has 1 aliphatic heterocycles. The van der Waals surface area contributed by atoms with Crippen LogP contribution in [0.3, 0.4) is 0 Å². The molecule has 1 aliphatic rings. The fourth-order valence-electron chi connectivity index (χ4n) is 2.64. The number of rotatable bonds is 1. The Morgan fingerprint density at radius 3 is 2.71 bits per heavy atom. The van der Waals surface area contributed by atoms with E-state index < -0.39 is 0 Å². The quantitative estimate of drug-likeness (QED) is 0.782. The first-order valence-corrected chi connectivity index (χ1v) is 6.22. The summed E-state index contributed by atoms with van der Waals surface area (Å²) >= 11 is 0. The van der Waals surface area contributed by atoms with E-state index in [1.807, 2.05) is 0 Å². The number of aryl methyl sites for hydroxylation is 1. The van der Waals surface area contributed by atoms with E-state index in [-0.39, 0.29) is 0 Å². The van der Waals surface area contributed by atoms with Crippen molar-refractivity contribution in [2.24, 2.45) is 0 Å². The molecular weight excluding hydrogens is 206 g/mol. The van der Waals surface area contributed by atoms with Crippen molar-refractivity contribution in [2.45, 2.75) is 19.4 Å². The first kappa shape index (κ1) is 10.5. The van der Waals surface area contributed by atoms with Gasteiger partial charge in [0, 0.05) is 6.54 Å². The van der Waals surface area contributed by atoms with Gasteiger partial charge in [0.15, 0.2) is 0 Å². The highest BCUT2D eigenvalue weighted by Gasteiger charge is 2.20. The zero-order chi connectivity index (χ0) is 11.7. The van der Waals surface area contributed by atoms with Crippen LogP contribution in [-0.2, 0) is 6.42 Å². The fourth-order valence-corrected chi connectivity index (χ4v) is 2.64. The van der Waals surface area contributed by atoms with Gasteiger partial charge in [-0.2, -0.15) is 0 Å². The van der Waals surface area contributed by atoms with Gasteiger partial charge in [-0.15, -0.1) is 0 Å². The summed E-state index contributed by atoms with van der Waals surface area (Å²) in [7, 11) is 0. The van der Waals surface area contributed by atoms with Gasteiger partial charge in [-0.05, 0) is 30.0 Å². The second kappa shape index (κ2) is 4.34. The Morgan fingerprint density at radius 2 is 1.88 bits per heavy atom. The van der Waals surface area contributed by atoms with Gasteiger partial charge in [-0.3, -0.25) is 0 Å². The van der Waals surface area contributed by atoms with Crippen LogP contribution < -0.4 is 5.32 Å². The zero-order valence-corrected chi connectivity index (χ0v) is 10.1. The Kier molecular flexibility index (Phi) is 2.69. The van der Waals surface area contributed by atoms with Crippen LogP contribution in [0.25, 0.3) is 0 Å². The first-order valence-electron chi connectivity index (χ1n) is 6.22. The first-order chi connectivity index (χ1) is 8.34. The molecule has 2 aromatic rings. The Balaban J connectivity index is 2.06. The lowest BCUT2D eigenvalue weighted by Gasteiger charge is -2.27. The fraction of sp³-hybridized carbons (Fsp3) is 0.250. The summed E-state index contributed by atoms with van der Waals surface area (Å²) in [6.45, 7) is 3.23.